The van der Waals surface area contributed by atoms with Gasteiger partial charge in [-0.3, -0.25) is 4.79 Å². The molecule has 0 aliphatic carbocycles. The van der Waals surface area contributed by atoms with E-state index in [0.29, 0.717) is 11.4 Å². The first kappa shape index (κ1) is 19.3. The number of hydrogen-bond acceptors (Lipinski definition) is 4. The molecule has 0 spiro atoms. The SMILES string of the molecule is CC(C)(C#N)CNC(=O)c1cccc(-c2cnc3[nH]c(-c4ccccc4)cc3c2)n1. The Morgan fingerprint density at radius 1 is 1.10 bits per heavy atom. The largest absolute Gasteiger partial charge is 0.349 e. The summed E-state index contributed by atoms with van der Waals surface area (Å²) in [4.78, 5) is 24.8. The molecule has 4 aromatic rings. The third-order valence-electron chi connectivity index (χ3n) is 4.83. The smallest absolute Gasteiger partial charge is 0.269 e. The fraction of sp³-hybridized carbons (Fsp3) is 0.167. The first-order valence-corrected chi connectivity index (χ1v) is 9.66. The Morgan fingerprint density at radius 3 is 2.67 bits per heavy atom. The highest BCUT2D eigenvalue weighted by molar-refractivity contribution is 5.93. The summed E-state index contributed by atoms with van der Waals surface area (Å²) >= 11 is 0. The van der Waals surface area contributed by atoms with Gasteiger partial charge in [0.1, 0.15) is 11.3 Å². The summed E-state index contributed by atoms with van der Waals surface area (Å²) in [5.41, 5.74) is 4.05. The summed E-state index contributed by atoms with van der Waals surface area (Å²) in [6.07, 6.45) is 1.75. The van der Waals surface area contributed by atoms with E-state index in [1.54, 1.807) is 32.2 Å². The quantitative estimate of drug-likeness (QED) is 0.517. The van der Waals surface area contributed by atoms with Gasteiger partial charge in [0.2, 0.25) is 0 Å². The van der Waals surface area contributed by atoms with Crippen molar-refractivity contribution in [3.05, 3.63) is 72.6 Å². The number of fused-ring (bicyclic) bond motifs is 1. The average Bonchev–Trinajstić information content (AvgIpc) is 3.22. The van der Waals surface area contributed by atoms with Gasteiger partial charge in [-0.25, -0.2) is 9.97 Å². The summed E-state index contributed by atoms with van der Waals surface area (Å²) < 4.78 is 0. The third-order valence-corrected chi connectivity index (χ3v) is 4.83. The number of nitrogens with one attached hydrogen (secondary N) is 2. The van der Waals surface area contributed by atoms with Gasteiger partial charge in [0, 0.05) is 29.4 Å². The Bertz CT molecular complexity index is 1250. The van der Waals surface area contributed by atoms with Crippen LogP contribution >= 0.6 is 0 Å². The molecule has 0 aliphatic rings. The second-order valence-electron chi connectivity index (χ2n) is 7.80. The van der Waals surface area contributed by atoms with E-state index in [-0.39, 0.29) is 12.5 Å². The highest BCUT2D eigenvalue weighted by Crippen LogP contribution is 2.26. The van der Waals surface area contributed by atoms with Gasteiger partial charge in [0.15, 0.2) is 0 Å². The molecule has 0 atom stereocenters. The number of carbonyl (C=O) groups excluding carboxylic acids is 1. The molecule has 6 heteroatoms. The Kier molecular flexibility index (Phi) is 5.03. The number of aromatic amines is 1. The maximum absolute atomic E-state index is 12.5. The first-order chi connectivity index (χ1) is 14.4. The number of nitriles is 1. The van der Waals surface area contributed by atoms with Gasteiger partial charge >= 0.3 is 0 Å². The molecular weight excluding hydrogens is 374 g/mol. The van der Waals surface area contributed by atoms with Crippen molar-refractivity contribution in [1.82, 2.24) is 20.3 Å². The highest BCUT2D eigenvalue weighted by Gasteiger charge is 2.19. The van der Waals surface area contributed by atoms with Gasteiger partial charge in [-0.2, -0.15) is 5.26 Å². The van der Waals surface area contributed by atoms with Crippen molar-refractivity contribution < 1.29 is 4.79 Å². The number of nitrogens with zero attached hydrogens (tertiary/aromatic N) is 3. The molecule has 0 saturated carbocycles. The van der Waals surface area contributed by atoms with Gasteiger partial charge in [-0.15, -0.1) is 0 Å². The van der Waals surface area contributed by atoms with E-state index in [9.17, 15) is 4.79 Å². The molecule has 30 heavy (non-hydrogen) atoms. The maximum atomic E-state index is 12.5. The van der Waals surface area contributed by atoms with Crippen molar-refractivity contribution in [2.24, 2.45) is 5.41 Å². The molecule has 1 amide bonds. The van der Waals surface area contributed by atoms with Crippen molar-refractivity contribution in [3.8, 4) is 28.6 Å². The number of aromatic nitrogens is 3. The molecule has 0 saturated heterocycles. The zero-order valence-electron chi connectivity index (χ0n) is 16.8. The van der Waals surface area contributed by atoms with Gasteiger partial charge in [0.05, 0.1) is 17.2 Å². The fourth-order valence-corrected chi connectivity index (χ4v) is 3.08. The Hall–Kier alpha value is -3.98. The second-order valence-corrected chi connectivity index (χ2v) is 7.80. The Morgan fingerprint density at radius 2 is 1.90 bits per heavy atom. The second kappa shape index (κ2) is 7.80. The van der Waals surface area contributed by atoms with Crippen molar-refractivity contribution >= 4 is 16.9 Å². The van der Waals surface area contributed by atoms with E-state index in [1.165, 1.54) is 0 Å². The molecule has 148 valence electrons. The topological polar surface area (TPSA) is 94.5 Å². The number of amides is 1. The van der Waals surface area contributed by atoms with Crippen LogP contribution in [-0.4, -0.2) is 27.4 Å². The molecule has 6 nitrogen and oxygen atoms in total. The average molecular weight is 395 g/mol. The van der Waals surface area contributed by atoms with Crippen LogP contribution in [0.5, 0.6) is 0 Å². The minimum Gasteiger partial charge on any atom is -0.349 e. The summed E-state index contributed by atoms with van der Waals surface area (Å²) in [5, 5.41) is 12.9. The van der Waals surface area contributed by atoms with Gasteiger partial charge < -0.3 is 10.3 Å². The molecule has 0 radical (unpaired) electrons. The lowest BCUT2D eigenvalue weighted by Gasteiger charge is -2.15. The zero-order valence-corrected chi connectivity index (χ0v) is 16.8. The van der Waals surface area contributed by atoms with Crippen molar-refractivity contribution in [2.45, 2.75) is 13.8 Å². The van der Waals surface area contributed by atoms with Crippen LogP contribution in [0.1, 0.15) is 24.3 Å². The summed E-state index contributed by atoms with van der Waals surface area (Å²) in [6.45, 7) is 3.81. The molecule has 0 fully saturated rings. The number of carbonyl (C=O) groups is 1. The maximum Gasteiger partial charge on any atom is 0.269 e. The Labute approximate surface area is 174 Å². The van der Waals surface area contributed by atoms with E-state index >= 15 is 0 Å². The van der Waals surface area contributed by atoms with Crippen LogP contribution in [0.25, 0.3) is 33.5 Å². The minimum atomic E-state index is -0.632. The van der Waals surface area contributed by atoms with Gasteiger partial charge in [-0.1, -0.05) is 36.4 Å². The van der Waals surface area contributed by atoms with Crippen LogP contribution in [0.4, 0.5) is 0 Å². The van der Waals surface area contributed by atoms with Gasteiger partial charge in [-0.05, 0) is 43.7 Å². The summed E-state index contributed by atoms with van der Waals surface area (Å²) in [6, 6.07) is 21.6. The molecule has 0 aliphatic heterocycles. The Balaban J connectivity index is 1.60. The predicted molar refractivity (Wildman–Crippen MR) is 116 cm³/mol. The lowest BCUT2D eigenvalue weighted by molar-refractivity contribution is 0.0939. The van der Waals surface area contributed by atoms with Crippen LogP contribution in [-0.2, 0) is 0 Å². The predicted octanol–water partition coefficient (Wildman–Crippen LogP) is 4.57. The minimum absolute atomic E-state index is 0.257. The number of pyridine rings is 2. The van der Waals surface area contributed by atoms with E-state index in [1.807, 2.05) is 42.5 Å². The standard InChI is InChI=1S/C24H21N5O/c1-24(2,14-25)15-27-23(30)20-10-6-9-19(28-20)18-11-17-12-21(29-22(17)26-13-18)16-7-4-3-5-8-16/h3-13H,15H2,1-2H3,(H,26,29)(H,27,30). The molecule has 0 unspecified atom stereocenters. The molecular formula is C24H21N5O. The number of benzene rings is 1. The van der Waals surface area contributed by atoms with Crippen molar-refractivity contribution in [2.75, 3.05) is 6.54 Å². The third kappa shape index (κ3) is 4.06. The van der Waals surface area contributed by atoms with Gasteiger partial charge in [0.25, 0.3) is 5.91 Å². The summed E-state index contributed by atoms with van der Waals surface area (Å²) in [5.74, 6) is -0.303. The monoisotopic (exact) mass is 395 g/mol. The molecule has 0 bridgehead atoms. The highest BCUT2D eigenvalue weighted by atomic mass is 16.1. The first-order valence-electron chi connectivity index (χ1n) is 9.66. The van der Waals surface area contributed by atoms with E-state index in [0.717, 1.165) is 27.9 Å². The molecule has 1 aromatic carbocycles. The lowest BCUT2D eigenvalue weighted by Crippen LogP contribution is -2.33. The number of rotatable bonds is 5. The number of hydrogen-bond donors (Lipinski definition) is 2. The van der Waals surface area contributed by atoms with Crippen LogP contribution in [0.15, 0.2) is 66.9 Å². The molecule has 4 rings (SSSR count). The lowest BCUT2D eigenvalue weighted by atomic mass is 9.96. The molecule has 3 aromatic heterocycles. The van der Waals surface area contributed by atoms with E-state index in [2.05, 4.69) is 32.4 Å². The summed E-state index contributed by atoms with van der Waals surface area (Å²) in [7, 11) is 0. The van der Waals surface area contributed by atoms with Crippen LogP contribution in [0.3, 0.4) is 0 Å². The molecule has 3 heterocycles. The van der Waals surface area contributed by atoms with Crippen molar-refractivity contribution in [1.29, 1.82) is 5.26 Å². The molecule has 2 N–H and O–H groups in total. The number of H-pyrrole nitrogens is 1. The van der Waals surface area contributed by atoms with Crippen LogP contribution < -0.4 is 5.32 Å². The normalized spacial score (nSPS) is 11.2. The van der Waals surface area contributed by atoms with E-state index in [4.69, 9.17) is 5.26 Å². The fourth-order valence-electron chi connectivity index (χ4n) is 3.08. The van der Waals surface area contributed by atoms with E-state index < -0.39 is 5.41 Å². The zero-order chi connectivity index (χ0) is 21.1. The van der Waals surface area contributed by atoms with Crippen molar-refractivity contribution in [3.63, 3.8) is 0 Å². The van der Waals surface area contributed by atoms with Crippen LogP contribution in [0, 0.1) is 16.7 Å². The van der Waals surface area contributed by atoms with Crippen LogP contribution in [0.2, 0.25) is 0 Å².